The Morgan fingerprint density at radius 2 is 0.789 bits per heavy atom. The number of hydrogen-bond donors (Lipinski definition) is 0. The highest BCUT2D eigenvalue weighted by atomic mass is 16.3. The molecule has 4 aliphatic carbocycles. The zero-order chi connectivity index (χ0) is 51.5. The van der Waals surface area contributed by atoms with Gasteiger partial charge in [0.1, 0.15) is 22.3 Å². The van der Waals surface area contributed by atoms with E-state index < -0.39 is 0 Å². The zero-order valence-corrected chi connectivity index (χ0v) is 44.6. The lowest BCUT2D eigenvalue weighted by Gasteiger charge is -2.31. The molecule has 0 radical (unpaired) electrons. The van der Waals surface area contributed by atoms with Gasteiger partial charge in [0.05, 0.1) is 0 Å². The number of anilines is 3. The van der Waals surface area contributed by atoms with E-state index in [2.05, 4.69) is 249 Å². The highest BCUT2D eigenvalue weighted by molar-refractivity contribution is 6.19. The van der Waals surface area contributed by atoms with Gasteiger partial charge in [0.15, 0.2) is 0 Å². The van der Waals surface area contributed by atoms with Gasteiger partial charge in [0.25, 0.3) is 0 Å². The lowest BCUT2D eigenvalue weighted by Crippen LogP contribution is -2.19. The van der Waals surface area contributed by atoms with Crippen LogP contribution in [-0.2, 0) is 21.7 Å². The fourth-order valence-electron chi connectivity index (χ4n) is 14.8. The van der Waals surface area contributed by atoms with Gasteiger partial charge < -0.3 is 13.7 Å². The van der Waals surface area contributed by atoms with Crippen LogP contribution in [0.25, 0.3) is 99.5 Å². The van der Waals surface area contributed by atoms with Crippen molar-refractivity contribution in [3.8, 4) is 55.6 Å². The zero-order valence-electron chi connectivity index (χ0n) is 44.6. The molecule has 2 heterocycles. The van der Waals surface area contributed by atoms with Crippen LogP contribution in [0.4, 0.5) is 17.1 Å². The van der Waals surface area contributed by atoms with Gasteiger partial charge in [0.2, 0.25) is 0 Å². The first-order chi connectivity index (χ1) is 36.6. The molecule has 0 fully saturated rings. The molecule has 0 spiro atoms. The third-order valence-electron chi connectivity index (χ3n) is 18.9. The Bertz CT molecular complexity index is 4590. The lowest BCUT2D eigenvalue weighted by atomic mass is 9.79. The first kappa shape index (κ1) is 43.9. The van der Waals surface area contributed by atoms with Gasteiger partial charge >= 0.3 is 0 Å². The van der Waals surface area contributed by atoms with Crippen molar-refractivity contribution in [1.82, 2.24) is 0 Å². The second-order valence-electron chi connectivity index (χ2n) is 24.5. The molecule has 4 aliphatic rings. The van der Waals surface area contributed by atoms with Gasteiger partial charge in [-0.05, 0) is 174 Å². The van der Waals surface area contributed by atoms with Crippen LogP contribution >= 0.6 is 0 Å². The summed E-state index contributed by atoms with van der Waals surface area (Å²) in [5.74, 6) is 0. The molecule has 10 aromatic carbocycles. The first-order valence-electron chi connectivity index (χ1n) is 27.1. The molecule has 16 rings (SSSR count). The molecular weight excluding hydrogens is 923 g/mol. The summed E-state index contributed by atoms with van der Waals surface area (Å²) in [4.78, 5) is 2.54. The fourth-order valence-corrected chi connectivity index (χ4v) is 14.8. The van der Waals surface area contributed by atoms with E-state index in [0.29, 0.717) is 0 Å². The van der Waals surface area contributed by atoms with Gasteiger partial charge in [-0.3, -0.25) is 0 Å². The minimum absolute atomic E-state index is 0.161. The summed E-state index contributed by atoms with van der Waals surface area (Å²) in [6.07, 6.45) is 0. The smallest absolute Gasteiger partial charge is 0.143 e. The van der Waals surface area contributed by atoms with Gasteiger partial charge in [-0.2, -0.15) is 0 Å². The van der Waals surface area contributed by atoms with Crippen molar-refractivity contribution >= 4 is 60.9 Å². The minimum atomic E-state index is -0.317. The van der Waals surface area contributed by atoms with Gasteiger partial charge in [-0.1, -0.05) is 170 Å². The third kappa shape index (κ3) is 5.52. The van der Waals surface area contributed by atoms with Crippen molar-refractivity contribution in [3.63, 3.8) is 0 Å². The largest absolute Gasteiger partial charge is 0.456 e. The highest BCUT2D eigenvalue weighted by Crippen LogP contribution is 2.61. The van der Waals surface area contributed by atoms with E-state index in [0.717, 1.165) is 50.3 Å². The summed E-state index contributed by atoms with van der Waals surface area (Å²) in [6.45, 7) is 21.4. The average Bonchev–Trinajstić information content (AvgIpc) is 4.38. The summed E-state index contributed by atoms with van der Waals surface area (Å²) < 4.78 is 13.4. The van der Waals surface area contributed by atoms with Crippen molar-refractivity contribution in [2.75, 3.05) is 4.90 Å². The topological polar surface area (TPSA) is 29.5 Å². The van der Waals surface area contributed by atoms with E-state index in [1.165, 1.54) is 116 Å². The molecule has 0 aliphatic heterocycles. The molecular formula is C73H57NO2. The number of hydrogen-bond acceptors (Lipinski definition) is 3. The van der Waals surface area contributed by atoms with Crippen molar-refractivity contribution < 1.29 is 8.83 Å². The molecule has 0 saturated heterocycles. The number of benzene rings is 10. The van der Waals surface area contributed by atoms with Crippen LogP contribution in [0, 0.1) is 6.92 Å². The number of rotatable bonds is 4. The molecule has 12 aromatic rings. The van der Waals surface area contributed by atoms with E-state index in [4.69, 9.17) is 8.83 Å². The van der Waals surface area contributed by atoms with E-state index in [-0.39, 0.29) is 21.7 Å². The Hall–Kier alpha value is -8.40. The average molecular weight is 980 g/mol. The summed E-state index contributed by atoms with van der Waals surface area (Å²) >= 11 is 0. The number of aryl methyl sites for hydroxylation is 1. The van der Waals surface area contributed by atoms with Crippen molar-refractivity contribution in [2.45, 2.75) is 84.0 Å². The standard InChI is InChI=1S/C73H57NO2/c1-40-22-24-41(25-23-40)51-37-61-65(68-50-18-12-15-21-63(50)76-69(51)68)48-31-28-44(36-58(48)73(61,8)9)74(42-26-29-46-45-16-10-13-19-54(45)70(2,3)56(46)34-42)43-27-30-47-52-38-60-53(39-59(52)72(6,7)57(47)35-43)66-55(71(60,4)5)32-33-64-67(66)49-17-11-14-20-62(49)75-64/h10-39H,1-9H3. The van der Waals surface area contributed by atoms with Crippen LogP contribution in [0.15, 0.2) is 191 Å². The molecule has 3 nitrogen and oxygen atoms in total. The van der Waals surface area contributed by atoms with E-state index in [1.54, 1.807) is 0 Å². The second-order valence-corrected chi connectivity index (χ2v) is 24.5. The first-order valence-corrected chi connectivity index (χ1v) is 27.1. The molecule has 2 aromatic heterocycles. The maximum absolute atomic E-state index is 6.87. The summed E-state index contributed by atoms with van der Waals surface area (Å²) in [6, 6.07) is 68.8. The fraction of sp³-hybridized carbons (Fsp3) is 0.178. The molecule has 0 N–H and O–H groups in total. The van der Waals surface area contributed by atoms with Crippen LogP contribution in [0.3, 0.4) is 0 Å². The molecule has 3 heteroatoms. The van der Waals surface area contributed by atoms with Crippen LogP contribution in [0.5, 0.6) is 0 Å². The maximum Gasteiger partial charge on any atom is 0.143 e. The monoisotopic (exact) mass is 979 g/mol. The Labute approximate surface area is 444 Å². The molecule has 0 atom stereocenters. The van der Waals surface area contributed by atoms with Crippen LogP contribution in [0.2, 0.25) is 0 Å². The second kappa shape index (κ2) is 14.5. The Morgan fingerprint density at radius 3 is 1.49 bits per heavy atom. The van der Waals surface area contributed by atoms with Crippen LogP contribution in [-0.4, -0.2) is 0 Å². The van der Waals surface area contributed by atoms with Crippen molar-refractivity contribution in [1.29, 1.82) is 0 Å². The quantitative estimate of drug-likeness (QED) is 0.176. The molecule has 76 heavy (non-hydrogen) atoms. The van der Waals surface area contributed by atoms with E-state index >= 15 is 0 Å². The van der Waals surface area contributed by atoms with Crippen LogP contribution < -0.4 is 4.90 Å². The van der Waals surface area contributed by atoms with Gasteiger partial charge in [0, 0.05) is 65.8 Å². The third-order valence-corrected chi connectivity index (χ3v) is 18.9. The molecule has 0 unspecified atom stereocenters. The molecule has 366 valence electrons. The molecule has 0 bridgehead atoms. The predicted octanol–water partition coefficient (Wildman–Crippen LogP) is 20.2. The summed E-state index contributed by atoms with van der Waals surface area (Å²) in [5.41, 5.74) is 31.1. The number of fused-ring (bicyclic) bond motifs is 20. The maximum atomic E-state index is 6.87. The normalized spacial score (nSPS) is 16.1. The number of furan rings is 2. The number of nitrogens with zero attached hydrogens (tertiary/aromatic N) is 1. The SMILES string of the molecule is Cc1ccc(-c2cc3c(c4c2oc2ccccc24)-c2ccc(N(c4ccc5c(c4)C(C)(C)c4ccccc4-5)c4ccc5c(c4)C(C)(C)c4cc6c(cc4-5)C(C)(C)c4ccc5oc7ccccc7c5c4-6)cc2C3(C)C)cc1. The predicted molar refractivity (Wildman–Crippen MR) is 316 cm³/mol. The van der Waals surface area contributed by atoms with Crippen LogP contribution in [0.1, 0.15) is 105 Å². The lowest BCUT2D eigenvalue weighted by molar-refractivity contribution is 0.650. The minimum Gasteiger partial charge on any atom is -0.456 e. The Kier molecular flexibility index (Phi) is 8.38. The highest BCUT2D eigenvalue weighted by Gasteiger charge is 2.44. The van der Waals surface area contributed by atoms with Gasteiger partial charge in [-0.15, -0.1) is 0 Å². The summed E-state index contributed by atoms with van der Waals surface area (Å²) in [7, 11) is 0. The van der Waals surface area contributed by atoms with E-state index in [9.17, 15) is 0 Å². The number of para-hydroxylation sites is 2. The Morgan fingerprint density at radius 1 is 0.316 bits per heavy atom. The molecule has 0 saturated carbocycles. The van der Waals surface area contributed by atoms with Crippen molar-refractivity contribution in [3.05, 3.63) is 232 Å². The Balaban J connectivity index is 0.887. The summed E-state index contributed by atoms with van der Waals surface area (Å²) in [5, 5.41) is 4.75. The van der Waals surface area contributed by atoms with Gasteiger partial charge in [-0.25, -0.2) is 0 Å². The molecule has 0 amide bonds. The van der Waals surface area contributed by atoms with Crippen molar-refractivity contribution in [2.24, 2.45) is 0 Å². The van der Waals surface area contributed by atoms with E-state index in [1.807, 2.05) is 0 Å².